The summed E-state index contributed by atoms with van der Waals surface area (Å²) in [5.41, 5.74) is 13.1. The molecular formula is C46H31N5O. The number of ether oxygens (including phenoxy) is 1. The molecule has 0 unspecified atom stereocenters. The summed E-state index contributed by atoms with van der Waals surface area (Å²) < 4.78 is 11.1. The second-order valence-electron chi connectivity index (χ2n) is 13.9. The van der Waals surface area contributed by atoms with Gasteiger partial charge in [-0.2, -0.15) is 0 Å². The Hall–Kier alpha value is -6.79. The van der Waals surface area contributed by atoms with Gasteiger partial charge in [-0.1, -0.05) is 66.2 Å². The van der Waals surface area contributed by atoms with Crippen molar-refractivity contribution in [1.29, 1.82) is 0 Å². The summed E-state index contributed by atoms with van der Waals surface area (Å²) in [5, 5.41) is 7.91. The summed E-state index contributed by atoms with van der Waals surface area (Å²) >= 11 is 0. The zero-order chi connectivity index (χ0) is 34.7. The van der Waals surface area contributed by atoms with E-state index in [9.17, 15) is 0 Å². The number of aromatic nitrogens is 5. The highest BCUT2D eigenvalue weighted by atomic mass is 16.5. The van der Waals surface area contributed by atoms with Crippen LogP contribution >= 0.6 is 0 Å². The second-order valence-corrected chi connectivity index (χ2v) is 13.9. The Labute approximate surface area is 298 Å². The molecule has 0 radical (unpaired) electrons. The molecule has 0 spiro atoms. The normalized spacial score (nSPS) is 12.1. The molecule has 0 N–H and O–H groups in total. The molecule has 6 aromatic heterocycles. The first-order valence-electron chi connectivity index (χ1n) is 17.6. The Morgan fingerprint density at radius 2 is 1.31 bits per heavy atom. The lowest BCUT2D eigenvalue weighted by molar-refractivity contribution is 0.484. The van der Waals surface area contributed by atoms with Crippen LogP contribution in [0.2, 0.25) is 0 Å². The standard InChI is InChI=1S/C46H31N5O/c1-26-21-27(2)41(28(3)22-26)39-25-50-44-36(13-8-19-47-44)33-16-14-30(23-38(33)45(50)49-39)52-31-15-17-34-35-11-7-12-37-42-32(29-9-5-4-6-10-29)18-20-48-46(42)51(43(35)37)40(34)24-31/h4-25H,1-3H3. The molecule has 246 valence electrons. The lowest BCUT2D eigenvalue weighted by Crippen LogP contribution is -1.93. The molecule has 11 aromatic rings. The molecule has 6 nitrogen and oxygen atoms in total. The van der Waals surface area contributed by atoms with Crippen LogP contribution in [0.3, 0.4) is 0 Å². The third-order valence-corrected chi connectivity index (χ3v) is 10.7. The van der Waals surface area contributed by atoms with Crippen molar-refractivity contribution >= 4 is 65.7 Å². The highest BCUT2D eigenvalue weighted by molar-refractivity contribution is 6.25. The average molecular weight is 670 g/mol. The van der Waals surface area contributed by atoms with Gasteiger partial charge in [0.1, 0.15) is 28.4 Å². The summed E-state index contributed by atoms with van der Waals surface area (Å²) in [6, 6.07) is 40.5. The number of pyridine rings is 3. The number of imidazole rings is 1. The molecule has 6 heterocycles. The largest absolute Gasteiger partial charge is 0.457 e. The number of para-hydroxylation sites is 1. The highest BCUT2D eigenvalue weighted by Crippen LogP contribution is 2.43. The minimum absolute atomic E-state index is 0.743. The van der Waals surface area contributed by atoms with Crippen LogP contribution in [-0.4, -0.2) is 23.8 Å². The van der Waals surface area contributed by atoms with E-state index in [1.165, 1.54) is 49.5 Å². The van der Waals surface area contributed by atoms with Gasteiger partial charge in [-0.15, -0.1) is 0 Å². The molecule has 6 heteroatoms. The summed E-state index contributed by atoms with van der Waals surface area (Å²) in [6.07, 6.45) is 5.89. The van der Waals surface area contributed by atoms with E-state index in [1.807, 2.05) is 24.5 Å². The fourth-order valence-corrected chi connectivity index (χ4v) is 8.65. The monoisotopic (exact) mass is 669 g/mol. The van der Waals surface area contributed by atoms with E-state index < -0.39 is 0 Å². The molecular weight excluding hydrogens is 639 g/mol. The van der Waals surface area contributed by atoms with Gasteiger partial charge in [0, 0.05) is 62.5 Å². The minimum Gasteiger partial charge on any atom is -0.457 e. The Balaban J connectivity index is 1.09. The van der Waals surface area contributed by atoms with Gasteiger partial charge in [0.25, 0.3) is 0 Å². The molecule has 52 heavy (non-hydrogen) atoms. The molecule has 0 bridgehead atoms. The van der Waals surface area contributed by atoms with Gasteiger partial charge in [0.05, 0.1) is 16.7 Å². The molecule has 0 aliphatic carbocycles. The first-order valence-corrected chi connectivity index (χ1v) is 17.6. The van der Waals surface area contributed by atoms with E-state index in [0.717, 1.165) is 66.8 Å². The van der Waals surface area contributed by atoms with Crippen LogP contribution in [0.25, 0.3) is 88.1 Å². The molecule has 0 atom stereocenters. The number of hydrogen-bond acceptors (Lipinski definition) is 4. The lowest BCUT2D eigenvalue weighted by Gasteiger charge is -2.10. The third kappa shape index (κ3) is 4.03. The van der Waals surface area contributed by atoms with Crippen LogP contribution in [0.4, 0.5) is 0 Å². The number of aryl methyl sites for hydroxylation is 3. The molecule has 0 saturated carbocycles. The van der Waals surface area contributed by atoms with Crippen molar-refractivity contribution < 1.29 is 4.74 Å². The lowest BCUT2D eigenvalue weighted by atomic mass is 9.98. The van der Waals surface area contributed by atoms with E-state index >= 15 is 0 Å². The van der Waals surface area contributed by atoms with Crippen molar-refractivity contribution in [3.05, 3.63) is 151 Å². The van der Waals surface area contributed by atoms with Crippen molar-refractivity contribution in [2.24, 2.45) is 0 Å². The topological polar surface area (TPSA) is 56.7 Å². The third-order valence-electron chi connectivity index (χ3n) is 10.7. The number of benzene rings is 5. The maximum atomic E-state index is 6.71. The Morgan fingerprint density at radius 3 is 2.15 bits per heavy atom. The van der Waals surface area contributed by atoms with E-state index in [-0.39, 0.29) is 0 Å². The van der Waals surface area contributed by atoms with Gasteiger partial charge in [0.2, 0.25) is 0 Å². The fourth-order valence-electron chi connectivity index (χ4n) is 8.65. The Bertz CT molecular complexity index is 3220. The van der Waals surface area contributed by atoms with Gasteiger partial charge in [-0.05, 0) is 96.9 Å². The smallest absolute Gasteiger partial charge is 0.147 e. The number of hydrogen-bond donors (Lipinski definition) is 0. The van der Waals surface area contributed by atoms with Crippen LogP contribution in [0, 0.1) is 20.8 Å². The first kappa shape index (κ1) is 29.0. The predicted molar refractivity (Wildman–Crippen MR) is 212 cm³/mol. The van der Waals surface area contributed by atoms with Crippen LogP contribution in [0.1, 0.15) is 16.7 Å². The van der Waals surface area contributed by atoms with Crippen LogP contribution in [-0.2, 0) is 0 Å². The van der Waals surface area contributed by atoms with Crippen molar-refractivity contribution in [2.45, 2.75) is 20.8 Å². The van der Waals surface area contributed by atoms with Crippen molar-refractivity contribution in [1.82, 2.24) is 23.8 Å². The SMILES string of the molecule is Cc1cc(C)c(-c2cn3c4ncccc4c4ccc(Oc5ccc6c7cccc8c9c(-c%10ccccc%10)ccnc9n(c6c5)c78)cc4c3n2)c(C)c1. The van der Waals surface area contributed by atoms with E-state index in [1.54, 1.807) is 0 Å². The van der Waals surface area contributed by atoms with Crippen molar-refractivity contribution in [2.75, 3.05) is 0 Å². The van der Waals surface area contributed by atoms with E-state index in [0.29, 0.717) is 0 Å². The second kappa shape index (κ2) is 10.6. The van der Waals surface area contributed by atoms with Crippen LogP contribution in [0.15, 0.2) is 134 Å². The molecule has 11 rings (SSSR count). The van der Waals surface area contributed by atoms with Gasteiger partial charge in [-0.3, -0.25) is 8.80 Å². The van der Waals surface area contributed by atoms with Gasteiger partial charge < -0.3 is 4.74 Å². The zero-order valence-electron chi connectivity index (χ0n) is 28.8. The molecule has 0 saturated heterocycles. The number of nitrogens with zero attached hydrogens (tertiary/aromatic N) is 5. The van der Waals surface area contributed by atoms with Gasteiger partial charge >= 0.3 is 0 Å². The van der Waals surface area contributed by atoms with Crippen LogP contribution in [0.5, 0.6) is 11.5 Å². The fraction of sp³-hybridized carbons (Fsp3) is 0.0652. The maximum absolute atomic E-state index is 6.71. The first-order chi connectivity index (χ1) is 25.5. The summed E-state index contributed by atoms with van der Waals surface area (Å²) in [7, 11) is 0. The summed E-state index contributed by atoms with van der Waals surface area (Å²) in [5.74, 6) is 1.50. The summed E-state index contributed by atoms with van der Waals surface area (Å²) in [6.45, 7) is 6.46. The molecule has 5 aromatic carbocycles. The molecule has 0 aliphatic heterocycles. The quantitative estimate of drug-likeness (QED) is 0.175. The van der Waals surface area contributed by atoms with Crippen molar-refractivity contribution in [3.8, 4) is 33.9 Å². The van der Waals surface area contributed by atoms with E-state index in [4.69, 9.17) is 19.7 Å². The van der Waals surface area contributed by atoms with Gasteiger partial charge in [-0.25, -0.2) is 15.0 Å². The summed E-state index contributed by atoms with van der Waals surface area (Å²) in [4.78, 5) is 15.0. The number of rotatable bonds is 4. The molecule has 0 fully saturated rings. The van der Waals surface area contributed by atoms with Gasteiger partial charge in [0.15, 0.2) is 0 Å². The highest BCUT2D eigenvalue weighted by Gasteiger charge is 2.21. The molecule has 0 aliphatic rings. The average Bonchev–Trinajstić information content (AvgIpc) is 3.85. The van der Waals surface area contributed by atoms with Crippen molar-refractivity contribution in [3.63, 3.8) is 0 Å². The van der Waals surface area contributed by atoms with E-state index in [2.05, 4.69) is 139 Å². The zero-order valence-corrected chi connectivity index (χ0v) is 28.8. The molecule has 0 amide bonds. The minimum atomic E-state index is 0.743. The Kier molecular flexibility index (Phi) is 5.91. The predicted octanol–water partition coefficient (Wildman–Crippen LogP) is 11.6. The Morgan fingerprint density at radius 1 is 0.558 bits per heavy atom. The number of fused-ring (bicyclic) bond motifs is 12. The van der Waals surface area contributed by atoms with Crippen LogP contribution < -0.4 is 4.74 Å². The maximum Gasteiger partial charge on any atom is 0.147 e.